The Kier molecular flexibility index (Phi) is 3.83. The van der Waals surface area contributed by atoms with Crippen LogP contribution < -0.4 is 9.47 Å². The van der Waals surface area contributed by atoms with Crippen LogP contribution in [0.3, 0.4) is 0 Å². The fourth-order valence-corrected chi connectivity index (χ4v) is 3.26. The molecule has 0 fully saturated rings. The molecule has 0 bridgehead atoms. The van der Waals surface area contributed by atoms with Gasteiger partial charge in [0.15, 0.2) is 0 Å². The fourth-order valence-electron chi connectivity index (χ4n) is 3.11. The number of methoxy groups -OCH3 is 1. The predicted molar refractivity (Wildman–Crippen MR) is 86.0 cm³/mol. The minimum atomic E-state index is -0.232. The molecule has 114 valence electrons. The quantitative estimate of drug-likeness (QED) is 0.608. The molecule has 1 unspecified atom stereocenters. The van der Waals surface area contributed by atoms with Gasteiger partial charge in [-0.1, -0.05) is 29.8 Å². The van der Waals surface area contributed by atoms with E-state index in [1.807, 2.05) is 44.2 Å². The van der Waals surface area contributed by atoms with Crippen LogP contribution in [-0.4, -0.2) is 13.1 Å². The largest absolute Gasteiger partial charge is 0.496 e. The van der Waals surface area contributed by atoms with Crippen LogP contribution in [0.1, 0.15) is 34.6 Å². The van der Waals surface area contributed by atoms with Gasteiger partial charge in [0.25, 0.3) is 0 Å². The maximum Gasteiger partial charge on any atom is 0.312 e. The van der Waals surface area contributed by atoms with E-state index in [9.17, 15) is 4.79 Å². The van der Waals surface area contributed by atoms with E-state index in [2.05, 4.69) is 0 Å². The molecule has 1 atom stereocenters. The molecule has 2 aromatic carbocycles. The zero-order chi connectivity index (χ0) is 15.9. The molecule has 0 saturated heterocycles. The van der Waals surface area contributed by atoms with Gasteiger partial charge in [-0.25, -0.2) is 0 Å². The summed E-state index contributed by atoms with van der Waals surface area (Å²) in [4.78, 5) is 12.0. The van der Waals surface area contributed by atoms with E-state index >= 15 is 0 Å². The normalized spacial score (nSPS) is 16.9. The van der Waals surface area contributed by atoms with Gasteiger partial charge < -0.3 is 9.47 Å². The zero-order valence-corrected chi connectivity index (χ0v) is 13.5. The van der Waals surface area contributed by atoms with E-state index in [4.69, 9.17) is 21.1 Å². The molecular formula is C18H17ClO3. The third-order valence-corrected chi connectivity index (χ3v) is 4.73. The van der Waals surface area contributed by atoms with Crippen LogP contribution in [0, 0.1) is 13.8 Å². The molecule has 1 aliphatic heterocycles. The van der Waals surface area contributed by atoms with Crippen molar-refractivity contribution in [2.45, 2.75) is 26.2 Å². The Morgan fingerprint density at radius 3 is 2.73 bits per heavy atom. The van der Waals surface area contributed by atoms with Gasteiger partial charge >= 0.3 is 5.97 Å². The zero-order valence-electron chi connectivity index (χ0n) is 12.8. The Bertz CT molecular complexity index is 752. The first-order valence-electron chi connectivity index (χ1n) is 7.16. The van der Waals surface area contributed by atoms with E-state index in [1.54, 1.807) is 7.11 Å². The lowest BCUT2D eigenvalue weighted by Crippen LogP contribution is -2.22. The number of rotatable bonds is 2. The Balaban J connectivity index is 2.24. The van der Waals surface area contributed by atoms with Gasteiger partial charge in [0.2, 0.25) is 0 Å². The van der Waals surface area contributed by atoms with Crippen LogP contribution >= 0.6 is 11.6 Å². The highest BCUT2D eigenvalue weighted by Gasteiger charge is 2.32. The summed E-state index contributed by atoms with van der Waals surface area (Å²) in [7, 11) is 1.63. The van der Waals surface area contributed by atoms with Gasteiger partial charge in [0, 0.05) is 22.1 Å². The van der Waals surface area contributed by atoms with Gasteiger partial charge in [0.1, 0.15) is 11.5 Å². The number of aryl methyl sites for hydroxylation is 1. The van der Waals surface area contributed by atoms with Crippen LogP contribution in [0.4, 0.5) is 0 Å². The van der Waals surface area contributed by atoms with E-state index in [0.29, 0.717) is 5.75 Å². The molecule has 3 nitrogen and oxygen atoms in total. The molecule has 0 N–H and O–H groups in total. The van der Waals surface area contributed by atoms with Gasteiger partial charge in [0.05, 0.1) is 13.5 Å². The summed E-state index contributed by atoms with van der Waals surface area (Å²) in [5, 5.41) is 0.719. The molecule has 0 spiro atoms. The van der Waals surface area contributed by atoms with Crippen molar-refractivity contribution in [1.29, 1.82) is 0 Å². The highest BCUT2D eigenvalue weighted by Crippen LogP contribution is 2.45. The molecule has 22 heavy (non-hydrogen) atoms. The van der Waals surface area contributed by atoms with Crippen LogP contribution in [-0.2, 0) is 4.79 Å². The van der Waals surface area contributed by atoms with Crippen LogP contribution in [0.15, 0.2) is 30.3 Å². The lowest BCUT2D eigenvalue weighted by Gasteiger charge is -2.28. The van der Waals surface area contributed by atoms with E-state index in [1.165, 1.54) is 0 Å². The van der Waals surface area contributed by atoms with Crippen molar-refractivity contribution in [2.24, 2.45) is 0 Å². The average molecular weight is 317 g/mol. The minimum Gasteiger partial charge on any atom is -0.496 e. The van der Waals surface area contributed by atoms with Crippen LogP contribution in [0.25, 0.3) is 0 Å². The number of carbonyl (C=O) groups is 1. The van der Waals surface area contributed by atoms with Gasteiger partial charge in [-0.3, -0.25) is 4.79 Å². The lowest BCUT2D eigenvalue weighted by atomic mass is 9.83. The Labute approximate surface area is 134 Å². The molecule has 3 rings (SSSR count). The molecule has 0 saturated carbocycles. The molecule has 1 heterocycles. The first kappa shape index (κ1) is 14.9. The first-order chi connectivity index (χ1) is 10.5. The smallest absolute Gasteiger partial charge is 0.312 e. The Morgan fingerprint density at radius 1 is 1.27 bits per heavy atom. The highest BCUT2D eigenvalue weighted by atomic mass is 35.5. The second kappa shape index (κ2) is 5.65. The van der Waals surface area contributed by atoms with Crippen molar-refractivity contribution in [1.82, 2.24) is 0 Å². The van der Waals surface area contributed by atoms with Gasteiger partial charge in [-0.2, -0.15) is 0 Å². The molecule has 0 aromatic heterocycles. The number of ether oxygens (including phenoxy) is 2. The number of hydrogen-bond donors (Lipinski definition) is 0. The monoisotopic (exact) mass is 316 g/mol. The molecule has 2 aromatic rings. The standard InChI is InChI=1S/C18H17ClO3/c1-10-8-15-17(11(2)18(10)19)13(9-16(20)22-15)12-6-4-5-7-14(12)21-3/h4-8,13H,9H2,1-3H3. The van der Waals surface area contributed by atoms with Crippen molar-refractivity contribution in [3.8, 4) is 11.5 Å². The maximum atomic E-state index is 12.0. The molecule has 4 heteroatoms. The topological polar surface area (TPSA) is 35.5 Å². The second-order valence-electron chi connectivity index (χ2n) is 5.52. The number of fused-ring (bicyclic) bond motifs is 1. The Hall–Kier alpha value is -2.00. The van der Waals surface area contributed by atoms with Crippen molar-refractivity contribution in [3.05, 3.63) is 57.6 Å². The summed E-state index contributed by atoms with van der Waals surface area (Å²) < 4.78 is 10.9. The number of hydrogen-bond acceptors (Lipinski definition) is 3. The summed E-state index contributed by atoms with van der Waals surface area (Å²) in [6.45, 7) is 3.88. The molecule has 0 radical (unpaired) electrons. The highest BCUT2D eigenvalue weighted by molar-refractivity contribution is 6.32. The number of carbonyl (C=O) groups excluding carboxylic acids is 1. The van der Waals surface area contributed by atoms with Gasteiger partial charge in [-0.05, 0) is 37.1 Å². The predicted octanol–water partition coefficient (Wildman–Crippen LogP) is 4.41. The summed E-state index contributed by atoms with van der Waals surface area (Å²) in [5.41, 5.74) is 3.82. The van der Waals surface area contributed by atoms with Crippen molar-refractivity contribution >= 4 is 17.6 Å². The molecule has 0 amide bonds. The third kappa shape index (κ3) is 2.35. The second-order valence-corrected chi connectivity index (χ2v) is 5.89. The van der Waals surface area contributed by atoms with E-state index in [0.717, 1.165) is 33.0 Å². The number of benzene rings is 2. The van der Waals surface area contributed by atoms with Crippen molar-refractivity contribution in [2.75, 3.05) is 7.11 Å². The lowest BCUT2D eigenvalue weighted by molar-refractivity contribution is -0.135. The summed E-state index contributed by atoms with van der Waals surface area (Å²) >= 11 is 6.41. The van der Waals surface area contributed by atoms with Crippen LogP contribution in [0.2, 0.25) is 5.02 Å². The van der Waals surface area contributed by atoms with E-state index < -0.39 is 0 Å². The van der Waals surface area contributed by atoms with Crippen molar-refractivity contribution in [3.63, 3.8) is 0 Å². The number of para-hydroxylation sites is 1. The summed E-state index contributed by atoms with van der Waals surface area (Å²) in [6.07, 6.45) is 0.285. The fraction of sp³-hybridized carbons (Fsp3) is 0.278. The summed E-state index contributed by atoms with van der Waals surface area (Å²) in [6, 6.07) is 9.59. The summed E-state index contributed by atoms with van der Waals surface area (Å²) in [5.74, 6) is 1.03. The van der Waals surface area contributed by atoms with Crippen molar-refractivity contribution < 1.29 is 14.3 Å². The van der Waals surface area contributed by atoms with E-state index in [-0.39, 0.29) is 18.3 Å². The Morgan fingerprint density at radius 2 is 2.00 bits per heavy atom. The number of halogens is 1. The van der Waals surface area contributed by atoms with Gasteiger partial charge in [-0.15, -0.1) is 0 Å². The maximum absolute atomic E-state index is 12.0. The van der Waals surface area contributed by atoms with Crippen LogP contribution in [0.5, 0.6) is 11.5 Å². The SMILES string of the molecule is COc1ccccc1C1CC(=O)Oc2cc(C)c(Cl)c(C)c21. The number of esters is 1. The minimum absolute atomic E-state index is 0.106. The molecule has 1 aliphatic rings. The molecular weight excluding hydrogens is 300 g/mol. The molecule has 0 aliphatic carbocycles. The average Bonchev–Trinajstić information content (AvgIpc) is 2.51. The third-order valence-electron chi connectivity index (χ3n) is 4.15. The first-order valence-corrected chi connectivity index (χ1v) is 7.54.